The lowest BCUT2D eigenvalue weighted by molar-refractivity contribution is 0.260. The van der Waals surface area contributed by atoms with E-state index < -0.39 is 0 Å². The lowest BCUT2D eigenvalue weighted by Crippen LogP contribution is -2.15. The Hall–Kier alpha value is -0.0000000000000000278. The molecule has 0 unspecified atom stereocenters. The van der Waals surface area contributed by atoms with Crippen LogP contribution < -0.4 is 10.1 Å². The van der Waals surface area contributed by atoms with E-state index >= 15 is 0 Å². The number of halogens is 2. The average Bonchev–Trinajstić information content (AvgIpc) is 2.67. The highest BCUT2D eigenvalue weighted by Gasteiger charge is 2.14. The Bertz CT molecular complexity index is 302. The van der Waals surface area contributed by atoms with Gasteiger partial charge in [-0.3, -0.25) is 0 Å². The summed E-state index contributed by atoms with van der Waals surface area (Å²) in [5.74, 6) is 1.68. The van der Waals surface area contributed by atoms with Crippen molar-refractivity contribution < 1.29 is 4.74 Å². The zero-order chi connectivity index (χ0) is 9.80. The Labute approximate surface area is 110 Å². The van der Waals surface area contributed by atoms with E-state index in [-0.39, 0.29) is 12.4 Å². The molecule has 4 heteroatoms. The van der Waals surface area contributed by atoms with Crippen molar-refractivity contribution in [2.24, 2.45) is 5.92 Å². The normalized spacial score (nSPS) is 19.7. The van der Waals surface area contributed by atoms with Crippen molar-refractivity contribution in [3.8, 4) is 5.75 Å². The van der Waals surface area contributed by atoms with Gasteiger partial charge in [-0.2, -0.15) is 0 Å². The van der Waals surface area contributed by atoms with Gasteiger partial charge in [-0.05, 0) is 53.8 Å². The summed E-state index contributed by atoms with van der Waals surface area (Å²) in [5, 5.41) is 3.34. The second-order valence-corrected chi connectivity index (χ2v) is 4.87. The van der Waals surface area contributed by atoms with Crippen LogP contribution in [0.2, 0.25) is 0 Å². The molecule has 1 saturated heterocycles. The van der Waals surface area contributed by atoms with Gasteiger partial charge in [-0.1, -0.05) is 6.07 Å². The van der Waals surface area contributed by atoms with Gasteiger partial charge >= 0.3 is 0 Å². The highest BCUT2D eigenvalue weighted by atomic mass is 127. The third kappa shape index (κ3) is 4.17. The summed E-state index contributed by atoms with van der Waals surface area (Å²) < 4.78 is 6.95. The topological polar surface area (TPSA) is 21.3 Å². The van der Waals surface area contributed by atoms with Crippen molar-refractivity contribution in [2.45, 2.75) is 6.42 Å². The molecule has 2 rings (SSSR count). The summed E-state index contributed by atoms with van der Waals surface area (Å²) in [6.07, 6.45) is 1.24. The Kier molecular flexibility index (Phi) is 5.71. The van der Waals surface area contributed by atoms with Crippen LogP contribution in [-0.2, 0) is 0 Å². The Morgan fingerprint density at radius 3 is 3.00 bits per heavy atom. The van der Waals surface area contributed by atoms with Gasteiger partial charge in [0.1, 0.15) is 5.75 Å². The number of nitrogens with one attached hydrogen (secondary N) is 1. The standard InChI is InChI=1S/C11H14INO.ClH/c12-10-2-1-3-11(6-10)14-8-9-4-5-13-7-9;/h1-3,6,9,13H,4-5,7-8H2;1H/t9-;/m0./s1. The van der Waals surface area contributed by atoms with Crippen LogP contribution in [0.15, 0.2) is 24.3 Å². The Balaban J connectivity index is 0.00000112. The molecule has 15 heavy (non-hydrogen) atoms. The van der Waals surface area contributed by atoms with Gasteiger partial charge in [-0.15, -0.1) is 12.4 Å². The summed E-state index contributed by atoms with van der Waals surface area (Å²) >= 11 is 2.30. The summed E-state index contributed by atoms with van der Waals surface area (Å²) in [5.41, 5.74) is 0. The van der Waals surface area contributed by atoms with E-state index in [0.717, 1.165) is 25.4 Å². The average molecular weight is 340 g/mol. The zero-order valence-corrected chi connectivity index (χ0v) is 11.4. The molecule has 1 atom stereocenters. The summed E-state index contributed by atoms with van der Waals surface area (Å²) in [4.78, 5) is 0. The Morgan fingerprint density at radius 1 is 1.47 bits per heavy atom. The minimum atomic E-state index is 0. The fourth-order valence-corrected chi connectivity index (χ4v) is 2.14. The highest BCUT2D eigenvalue weighted by Crippen LogP contribution is 2.16. The molecule has 1 N–H and O–H groups in total. The van der Waals surface area contributed by atoms with Crippen LogP contribution in [0.5, 0.6) is 5.75 Å². The molecule has 1 fully saturated rings. The molecule has 2 nitrogen and oxygen atoms in total. The molecule has 0 aliphatic carbocycles. The summed E-state index contributed by atoms with van der Waals surface area (Å²) in [7, 11) is 0. The van der Waals surface area contributed by atoms with Crippen LogP contribution in [0.1, 0.15) is 6.42 Å². The molecule has 0 amide bonds. The molecular weight excluding hydrogens is 324 g/mol. The maximum Gasteiger partial charge on any atom is 0.120 e. The molecule has 0 spiro atoms. The maximum atomic E-state index is 5.73. The lowest BCUT2D eigenvalue weighted by Gasteiger charge is -2.10. The van der Waals surface area contributed by atoms with Gasteiger partial charge in [0, 0.05) is 16.0 Å². The molecular formula is C11H15ClINO. The van der Waals surface area contributed by atoms with E-state index in [4.69, 9.17) is 4.74 Å². The second kappa shape index (κ2) is 6.55. The first kappa shape index (κ1) is 13.1. The van der Waals surface area contributed by atoms with Gasteiger partial charge in [0.2, 0.25) is 0 Å². The quantitative estimate of drug-likeness (QED) is 0.855. The third-order valence-corrected chi connectivity index (χ3v) is 3.12. The van der Waals surface area contributed by atoms with Gasteiger partial charge in [-0.25, -0.2) is 0 Å². The van der Waals surface area contributed by atoms with Gasteiger partial charge in [0.25, 0.3) is 0 Å². The molecule has 84 valence electrons. The van der Waals surface area contributed by atoms with Crippen LogP contribution in [0.25, 0.3) is 0 Å². The highest BCUT2D eigenvalue weighted by molar-refractivity contribution is 14.1. The van der Waals surface area contributed by atoms with Gasteiger partial charge in [0.05, 0.1) is 6.61 Å². The van der Waals surface area contributed by atoms with Crippen molar-refractivity contribution in [3.63, 3.8) is 0 Å². The third-order valence-electron chi connectivity index (χ3n) is 2.44. The lowest BCUT2D eigenvalue weighted by atomic mass is 10.1. The minimum Gasteiger partial charge on any atom is -0.493 e. The number of benzene rings is 1. The van der Waals surface area contributed by atoms with Crippen molar-refractivity contribution in [1.82, 2.24) is 5.32 Å². The molecule has 1 heterocycles. The summed E-state index contributed by atoms with van der Waals surface area (Å²) in [6.45, 7) is 3.08. The molecule has 0 bridgehead atoms. The molecule has 0 aromatic heterocycles. The largest absolute Gasteiger partial charge is 0.493 e. The predicted molar refractivity (Wildman–Crippen MR) is 72.9 cm³/mol. The van der Waals surface area contributed by atoms with E-state index in [1.54, 1.807) is 0 Å². The van der Waals surface area contributed by atoms with Crippen LogP contribution in [0.3, 0.4) is 0 Å². The molecule has 1 aromatic rings. The first-order valence-electron chi connectivity index (χ1n) is 4.94. The fourth-order valence-electron chi connectivity index (χ4n) is 1.63. The number of ether oxygens (including phenoxy) is 1. The van der Waals surface area contributed by atoms with E-state index in [1.807, 2.05) is 12.1 Å². The summed E-state index contributed by atoms with van der Waals surface area (Å²) in [6, 6.07) is 8.20. The van der Waals surface area contributed by atoms with Crippen molar-refractivity contribution in [2.75, 3.05) is 19.7 Å². The van der Waals surface area contributed by atoms with E-state index in [1.165, 1.54) is 9.99 Å². The molecule has 1 aliphatic heterocycles. The van der Waals surface area contributed by atoms with E-state index in [2.05, 4.69) is 40.0 Å². The smallest absolute Gasteiger partial charge is 0.120 e. The van der Waals surface area contributed by atoms with Crippen molar-refractivity contribution in [1.29, 1.82) is 0 Å². The predicted octanol–water partition coefficient (Wildman–Crippen LogP) is 2.70. The Morgan fingerprint density at radius 2 is 2.33 bits per heavy atom. The second-order valence-electron chi connectivity index (χ2n) is 3.63. The van der Waals surface area contributed by atoms with Crippen LogP contribution in [-0.4, -0.2) is 19.7 Å². The van der Waals surface area contributed by atoms with Crippen molar-refractivity contribution in [3.05, 3.63) is 27.8 Å². The number of hydrogen-bond donors (Lipinski definition) is 1. The first-order valence-corrected chi connectivity index (χ1v) is 6.01. The van der Waals surface area contributed by atoms with Crippen LogP contribution >= 0.6 is 35.0 Å². The maximum absolute atomic E-state index is 5.73. The number of rotatable bonds is 3. The van der Waals surface area contributed by atoms with Crippen molar-refractivity contribution >= 4 is 35.0 Å². The monoisotopic (exact) mass is 339 g/mol. The molecule has 1 aromatic carbocycles. The molecule has 0 radical (unpaired) electrons. The first-order chi connectivity index (χ1) is 6.84. The molecule has 0 saturated carbocycles. The number of hydrogen-bond acceptors (Lipinski definition) is 2. The molecule has 1 aliphatic rings. The van der Waals surface area contributed by atoms with E-state index in [9.17, 15) is 0 Å². The van der Waals surface area contributed by atoms with E-state index in [0.29, 0.717) is 5.92 Å². The van der Waals surface area contributed by atoms with Crippen LogP contribution in [0, 0.1) is 9.49 Å². The minimum absolute atomic E-state index is 0. The van der Waals surface area contributed by atoms with Crippen LogP contribution in [0.4, 0.5) is 0 Å². The zero-order valence-electron chi connectivity index (χ0n) is 8.41. The fraction of sp³-hybridized carbons (Fsp3) is 0.455. The SMILES string of the molecule is Cl.Ic1cccc(OC[C@H]2CCNC2)c1. The van der Waals surface area contributed by atoms with Gasteiger partial charge < -0.3 is 10.1 Å². The van der Waals surface area contributed by atoms with Gasteiger partial charge in [0.15, 0.2) is 0 Å².